The van der Waals surface area contributed by atoms with Crippen molar-refractivity contribution in [3.8, 4) is 11.5 Å². The first-order chi connectivity index (χ1) is 11.3. The Bertz CT molecular complexity index is 781. The van der Waals surface area contributed by atoms with Crippen LogP contribution in [0.1, 0.15) is 46.5 Å². The van der Waals surface area contributed by atoms with Gasteiger partial charge in [-0.2, -0.15) is 0 Å². The normalized spacial score (nSPS) is 10.7. The van der Waals surface area contributed by atoms with Gasteiger partial charge in [0.2, 0.25) is 0 Å². The van der Waals surface area contributed by atoms with Crippen molar-refractivity contribution in [2.45, 2.75) is 33.3 Å². The molecule has 24 heavy (non-hydrogen) atoms. The van der Waals surface area contributed by atoms with E-state index < -0.39 is 11.6 Å². The lowest BCUT2D eigenvalue weighted by molar-refractivity contribution is 0.0890. The van der Waals surface area contributed by atoms with E-state index in [0.29, 0.717) is 10.8 Å². The first kappa shape index (κ1) is 18.0. The predicted octanol–water partition coefficient (Wildman–Crippen LogP) is 4.60. The lowest BCUT2D eigenvalue weighted by atomic mass is 9.99. The van der Waals surface area contributed by atoms with Gasteiger partial charge in [-0.15, -0.1) is 0 Å². The Morgan fingerprint density at radius 3 is 2.42 bits per heavy atom. The number of benzene rings is 2. The van der Waals surface area contributed by atoms with Gasteiger partial charge in [-0.3, -0.25) is 9.59 Å². The second-order valence-corrected chi connectivity index (χ2v) is 6.29. The van der Waals surface area contributed by atoms with Crippen LogP contribution in [0.5, 0.6) is 11.5 Å². The summed E-state index contributed by atoms with van der Waals surface area (Å²) < 4.78 is 5.61. The van der Waals surface area contributed by atoms with Crippen molar-refractivity contribution in [2.75, 3.05) is 0 Å². The number of aromatic hydroxyl groups is 1. The minimum absolute atomic E-state index is 0.116. The van der Waals surface area contributed by atoms with Gasteiger partial charge < -0.3 is 9.84 Å². The molecule has 0 unspecified atom stereocenters. The van der Waals surface area contributed by atoms with Gasteiger partial charge in [0.1, 0.15) is 11.5 Å². The minimum atomic E-state index is -0.448. The molecule has 0 aromatic heterocycles. The number of carbonyl (C=O) groups is 2. The van der Waals surface area contributed by atoms with E-state index in [2.05, 4.69) is 0 Å². The summed E-state index contributed by atoms with van der Waals surface area (Å²) in [4.78, 5) is 24.9. The zero-order chi connectivity index (χ0) is 17.9. The molecule has 0 saturated carbocycles. The number of phenols is 1. The molecule has 0 atom stereocenters. The summed E-state index contributed by atoms with van der Waals surface area (Å²) in [6.45, 7) is 5.50. The van der Waals surface area contributed by atoms with Gasteiger partial charge >= 0.3 is 0 Å². The molecule has 0 saturated heterocycles. The maximum Gasteiger partial charge on any atom is 0.174 e. The summed E-state index contributed by atoms with van der Waals surface area (Å²) in [6.07, 6.45) is -0.486. The summed E-state index contributed by atoms with van der Waals surface area (Å²) in [5, 5.41) is 10.2. The molecule has 4 nitrogen and oxygen atoms in total. The van der Waals surface area contributed by atoms with Crippen molar-refractivity contribution in [3.63, 3.8) is 0 Å². The molecule has 0 heterocycles. The average molecular weight is 347 g/mol. The highest BCUT2D eigenvalue weighted by Crippen LogP contribution is 2.27. The molecule has 0 radical (unpaired) electrons. The third-order valence-electron chi connectivity index (χ3n) is 3.38. The Balaban J connectivity index is 2.28. The molecule has 2 aromatic rings. The number of phenolic OH excluding ortho intramolecular Hbond substituents is 1. The molecular formula is C19H19ClO4. The largest absolute Gasteiger partial charge is 0.507 e. The molecule has 2 rings (SSSR count). The summed E-state index contributed by atoms with van der Waals surface area (Å²) >= 11 is 5.96. The standard InChI is InChI=1S/C19H19ClO4/c1-11(2)24-19-7-5-13(20)9-15(19)18(23)10-17(22)14-8-12(3)4-6-16(14)21/h4-9,11,21H,10H2,1-3H3. The van der Waals surface area contributed by atoms with Gasteiger partial charge in [0, 0.05) is 5.02 Å². The summed E-state index contributed by atoms with van der Waals surface area (Å²) in [6, 6.07) is 9.44. The first-order valence-corrected chi connectivity index (χ1v) is 7.98. The average Bonchev–Trinajstić information content (AvgIpc) is 2.50. The predicted molar refractivity (Wildman–Crippen MR) is 93.3 cm³/mol. The van der Waals surface area contributed by atoms with E-state index >= 15 is 0 Å². The van der Waals surface area contributed by atoms with Gasteiger partial charge in [0.25, 0.3) is 0 Å². The zero-order valence-electron chi connectivity index (χ0n) is 13.8. The molecular weight excluding hydrogens is 328 g/mol. The molecule has 0 amide bonds. The molecule has 0 aliphatic carbocycles. The third kappa shape index (κ3) is 4.36. The van der Waals surface area contributed by atoms with Crippen molar-refractivity contribution in [1.82, 2.24) is 0 Å². The van der Waals surface area contributed by atoms with E-state index in [1.54, 1.807) is 24.3 Å². The van der Waals surface area contributed by atoms with Gasteiger partial charge in [0.05, 0.1) is 23.7 Å². The molecule has 1 N–H and O–H groups in total. The van der Waals surface area contributed by atoms with E-state index in [1.165, 1.54) is 12.1 Å². The molecule has 0 bridgehead atoms. The van der Waals surface area contributed by atoms with Crippen LogP contribution in [-0.4, -0.2) is 22.8 Å². The van der Waals surface area contributed by atoms with Crippen LogP contribution in [0.3, 0.4) is 0 Å². The second-order valence-electron chi connectivity index (χ2n) is 5.85. The van der Waals surface area contributed by atoms with Gasteiger partial charge in [-0.05, 0) is 51.1 Å². The van der Waals surface area contributed by atoms with Crippen LogP contribution >= 0.6 is 11.6 Å². The number of halogens is 1. The number of Topliss-reactive ketones (excluding diaryl/α,β-unsaturated/α-hetero) is 2. The van der Waals surface area contributed by atoms with Crippen molar-refractivity contribution in [3.05, 3.63) is 58.1 Å². The molecule has 2 aromatic carbocycles. The highest BCUT2D eigenvalue weighted by molar-refractivity contribution is 6.31. The maximum atomic E-state index is 12.5. The smallest absolute Gasteiger partial charge is 0.174 e. The Morgan fingerprint density at radius 1 is 1.08 bits per heavy atom. The van der Waals surface area contributed by atoms with Crippen molar-refractivity contribution < 1.29 is 19.4 Å². The fourth-order valence-electron chi connectivity index (χ4n) is 2.29. The number of ether oxygens (including phenoxy) is 1. The van der Waals surface area contributed by atoms with Gasteiger partial charge in [0.15, 0.2) is 11.6 Å². The Kier molecular flexibility index (Phi) is 5.62. The molecule has 126 valence electrons. The van der Waals surface area contributed by atoms with E-state index in [0.717, 1.165) is 5.56 Å². The first-order valence-electron chi connectivity index (χ1n) is 7.60. The number of rotatable bonds is 6. The molecule has 0 spiro atoms. The Morgan fingerprint density at radius 2 is 1.75 bits per heavy atom. The maximum absolute atomic E-state index is 12.5. The zero-order valence-corrected chi connectivity index (χ0v) is 14.6. The quantitative estimate of drug-likeness (QED) is 0.613. The summed E-state index contributed by atoms with van der Waals surface area (Å²) in [5.74, 6) is -0.598. The van der Waals surface area contributed by atoms with Crippen LogP contribution in [0.4, 0.5) is 0 Å². The number of ketones is 2. The third-order valence-corrected chi connectivity index (χ3v) is 3.61. The minimum Gasteiger partial charge on any atom is -0.507 e. The molecule has 5 heteroatoms. The van der Waals surface area contributed by atoms with Crippen LogP contribution in [0, 0.1) is 6.92 Å². The van der Waals surface area contributed by atoms with E-state index in [9.17, 15) is 14.7 Å². The summed E-state index contributed by atoms with van der Waals surface area (Å²) in [7, 11) is 0. The van der Waals surface area contributed by atoms with Crippen LogP contribution in [0.2, 0.25) is 5.02 Å². The lowest BCUT2D eigenvalue weighted by Gasteiger charge is -2.14. The van der Waals surface area contributed by atoms with Crippen molar-refractivity contribution in [1.29, 1.82) is 0 Å². The molecule has 0 aliphatic heterocycles. The van der Waals surface area contributed by atoms with Crippen LogP contribution < -0.4 is 4.74 Å². The fourth-order valence-corrected chi connectivity index (χ4v) is 2.46. The highest BCUT2D eigenvalue weighted by atomic mass is 35.5. The number of hydrogen-bond donors (Lipinski definition) is 1. The number of carbonyl (C=O) groups excluding carboxylic acids is 2. The Labute approximate surface area is 146 Å². The Hall–Kier alpha value is -2.33. The van der Waals surface area contributed by atoms with Crippen LogP contribution in [-0.2, 0) is 0 Å². The number of aryl methyl sites for hydroxylation is 1. The molecule has 0 aliphatic rings. The van der Waals surface area contributed by atoms with Crippen molar-refractivity contribution in [2.24, 2.45) is 0 Å². The van der Waals surface area contributed by atoms with E-state index in [-0.39, 0.29) is 29.4 Å². The lowest BCUT2D eigenvalue weighted by Crippen LogP contribution is -2.13. The molecule has 0 fully saturated rings. The van der Waals surface area contributed by atoms with Crippen molar-refractivity contribution >= 4 is 23.2 Å². The van der Waals surface area contributed by atoms with E-state index in [1.807, 2.05) is 20.8 Å². The monoisotopic (exact) mass is 346 g/mol. The van der Waals surface area contributed by atoms with Gasteiger partial charge in [-0.1, -0.05) is 23.2 Å². The fraction of sp³-hybridized carbons (Fsp3) is 0.263. The van der Waals surface area contributed by atoms with Crippen LogP contribution in [0.15, 0.2) is 36.4 Å². The van der Waals surface area contributed by atoms with Gasteiger partial charge in [-0.25, -0.2) is 0 Å². The SMILES string of the molecule is Cc1ccc(O)c(C(=O)CC(=O)c2cc(Cl)ccc2OC(C)C)c1. The topological polar surface area (TPSA) is 63.6 Å². The second kappa shape index (κ2) is 7.49. The number of hydrogen-bond acceptors (Lipinski definition) is 4. The summed E-state index contributed by atoms with van der Waals surface area (Å²) in [5.41, 5.74) is 1.23. The van der Waals surface area contributed by atoms with Crippen LogP contribution in [0.25, 0.3) is 0 Å². The highest BCUT2D eigenvalue weighted by Gasteiger charge is 2.20. The van der Waals surface area contributed by atoms with E-state index in [4.69, 9.17) is 16.3 Å².